The number of rotatable bonds is 11. The zero-order valence-electron chi connectivity index (χ0n) is 30.2. The Hall–Kier alpha value is -1.18. The smallest absolute Gasteiger partial charge is 0.385 e. The van der Waals surface area contributed by atoms with E-state index in [1.807, 2.05) is 18.2 Å². The van der Waals surface area contributed by atoms with Crippen LogP contribution in [-0.4, -0.2) is 97.9 Å². The Balaban J connectivity index is 0.000000364. The number of carbonyl (C=O) groups excluding carboxylic acids is 1. The van der Waals surface area contributed by atoms with Crippen LogP contribution in [0.3, 0.4) is 0 Å². The van der Waals surface area contributed by atoms with Crippen molar-refractivity contribution in [1.29, 1.82) is 0 Å². The van der Waals surface area contributed by atoms with Crippen molar-refractivity contribution < 1.29 is 18.0 Å². The van der Waals surface area contributed by atoms with E-state index in [1.165, 1.54) is 44.5 Å². The van der Waals surface area contributed by atoms with Crippen molar-refractivity contribution >= 4 is 103 Å². The lowest BCUT2D eigenvalue weighted by Crippen LogP contribution is -2.29. The van der Waals surface area contributed by atoms with Crippen molar-refractivity contribution in [2.45, 2.75) is 44.7 Å². The van der Waals surface area contributed by atoms with E-state index >= 15 is 0 Å². The Kier molecular flexibility index (Phi) is 30.0. The van der Waals surface area contributed by atoms with Gasteiger partial charge in [0, 0.05) is 74.3 Å². The molecule has 0 spiro atoms. The minimum absolute atomic E-state index is 0.0632. The molecule has 0 saturated heterocycles. The summed E-state index contributed by atoms with van der Waals surface area (Å²) < 4.78 is 35.5. The van der Waals surface area contributed by atoms with Crippen molar-refractivity contribution in [3.05, 3.63) is 92.9 Å². The predicted molar refractivity (Wildman–Crippen MR) is 232 cm³/mol. The molecule has 0 unspecified atom stereocenters. The van der Waals surface area contributed by atoms with Gasteiger partial charge in [0.15, 0.2) is 0 Å². The summed E-state index contributed by atoms with van der Waals surface area (Å²) in [5.41, 5.74) is 0.967. The van der Waals surface area contributed by atoms with Crippen LogP contribution in [0.1, 0.15) is 38.5 Å². The van der Waals surface area contributed by atoms with Gasteiger partial charge in [-0.2, -0.15) is 13.2 Å². The van der Waals surface area contributed by atoms with Crippen LogP contribution in [-0.2, 0) is 4.79 Å². The summed E-state index contributed by atoms with van der Waals surface area (Å²) in [4.78, 5) is 15.4. The number of hydrogen-bond acceptors (Lipinski definition) is 5. The molecule has 0 atom stereocenters. The molecule has 3 heterocycles. The van der Waals surface area contributed by atoms with E-state index in [-0.39, 0.29) is 15.7 Å². The molecule has 54 heavy (non-hydrogen) atoms. The molecule has 3 aliphatic rings. The molecule has 0 bridgehead atoms. The lowest BCUT2D eigenvalue weighted by atomic mass is 10.2. The maximum atomic E-state index is 11.8. The maximum Gasteiger partial charge on any atom is 0.471 e. The fraction of sp³-hybridized carbons (Fsp3) is 0.500. The van der Waals surface area contributed by atoms with Gasteiger partial charge in [-0.3, -0.25) is 14.6 Å². The van der Waals surface area contributed by atoms with Crippen LogP contribution in [0.25, 0.3) is 0 Å². The summed E-state index contributed by atoms with van der Waals surface area (Å²) in [5.74, 6) is -0.494. The molecule has 2 aromatic carbocycles. The lowest BCUT2D eigenvalue weighted by Gasteiger charge is -2.22. The number of benzene rings is 2. The van der Waals surface area contributed by atoms with Crippen LogP contribution < -0.4 is 16.0 Å². The SMILES string of the molecule is C1=CCNCC1.ClCCCBr.ClCCCN1CC=CCC1.Clc1ccc(NCCCN2CC=CCC2)cc1Cl.O=C(Nc1ccc(Cl)c(Cl)c1)C(F)(F)F. The van der Waals surface area contributed by atoms with Gasteiger partial charge in [-0.05, 0) is 88.0 Å². The first-order chi connectivity index (χ1) is 25.9. The van der Waals surface area contributed by atoms with Crippen molar-refractivity contribution in [3.8, 4) is 0 Å². The number of nitrogens with one attached hydrogen (secondary N) is 3. The Labute approximate surface area is 357 Å². The average Bonchev–Trinajstić information content (AvgIpc) is 3.18. The summed E-state index contributed by atoms with van der Waals surface area (Å²) >= 11 is 37.0. The molecule has 1 amide bonds. The molecule has 3 aliphatic heterocycles. The zero-order valence-corrected chi connectivity index (χ0v) is 36.4. The van der Waals surface area contributed by atoms with Gasteiger partial charge in [-0.1, -0.05) is 98.8 Å². The Morgan fingerprint density at radius 2 is 1.26 bits per heavy atom. The largest absolute Gasteiger partial charge is 0.471 e. The fourth-order valence-corrected chi connectivity index (χ4v) is 6.06. The summed E-state index contributed by atoms with van der Waals surface area (Å²) in [7, 11) is 0. The molecule has 0 aromatic heterocycles. The first-order valence-electron chi connectivity index (χ1n) is 17.7. The molecule has 16 heteroatoms. The molecule has 3 N–H and O–H groups in total. The maximum absolute atomic E-state index is 11.8. The highest BCUT2D eigenvalue weighted by atomic mass is 79.9. The number of alkyl halides is 6. The molecule has 0 aliphatic carbocycles. The quantitative estimate of drug-likeness (QED) is 0.119. The third kappa shape index (κ3) is 25.9. The molecule has 2 aromatic rings. The normalized spacial score (nSPS) is 15.2. The minimum Gasteiger partial charge on any atom is -0.385 e. The van der Waals surface area contributed by atoms with Crippen LogP contribution in [0.2, 0.25) is 20.1 Å². The molecule has 304 valence electrons. The van der Waals surface area contributed by atoms with Crippen LogP contribution in [0.4, 0.5) is 24.5 Å². The third-order valence-electron chi connectivity index (χ3n) is 7.41. The standard InChI is InChI=1S/C14H18Cl2N2.C8H4Cl2F3NO.C8H14ClN.C5H9N.C3H6BrCl/c15-13-6-5-12(11-14(13)16)17-7-4-10-18-8-2-1-3-9-18;9-5-2-1-4(3-6(5)10)14-7(15)8(11,12)13;9-5-4-8-10-6-2-1-3-7-10;1-2-4-6-5-3-1;4-2-1-3-5/h1-2,5-6,11,17H,3-4,7-10H2;1-3H,(H,14,15);1-2H,3-8H2;1-2,6H,3-5H2;1-3H2. The minimum atomic E-state index is -4.92. The summed E-state index contributed by atoms with van der Waals surface area (Å²) in [5, 5.41) is 10.7. The Morgan fingerprint density at radius 3 is 1.65 bits per heavy atom. The first kappa shape index (κ1) is 50.8. The monoisotopic (exact) mass is 939 g/mol. The highest BCUT2D eigenvalue weighted by molar-refractivity contribution is 9.09. The number of carbonyl (C=O) groups is 1. The number of hydrogen-bond donors (Lipinski definition) is 3. The van der Waals surface area contributed by atoms with Gasteiger partial charge in [0.25, 0.3) is 0 Å². The summed E-state index contributed by atoms with van der Waals surface area (Å²) in [6.45, 7) is 10.1. The average molecular weight is 943 g/mol. The Bertz CT molecular complexity index is 1390. The van der Waals surface area contributed by atoms with Crippen LogP contribution >= 0.6 is 85.5 Å². The lowest BCUT2D eigenvalue weighted by molar-refractivity contribution is -0.167. The van der Waals surface area contributed by atoms with E-state index in [1.54, 1.807) is 5.32 Å². The molecular weight excluding hydrogens is 892 g/mol. The molecule has 0 saturated carbocycles. The zero-order chi connectivity index (χ0) is 40.0. The predicted octanol–water partition coefficient (Wildman–Crippen LogP) is 12.0. The Morgan fingerprint density at radius 1 is 0.722 bits per heavy atom. The summed E-state index contributed by atoms with van der Waals surface area (Å²) in [6.07, 6.45) is 15.3. The van der Waals surface area contributed by atoms with Gasteiger partial charge >= 0.3 is 12.1 Å². The van der Waals surface area contributed by atoms with Gasteiger partial charge in [-0.25, -0.2) is 0 Å². The molecule has 6 nitrogen and oxygen atoms in total. The number of halogens is 10. The second-order valence-electron chi connectivity index (χ2n) is 11.8. The molecule has 0 radical (unpaired) electrons. The fourth-order valence-electron chi connectivity index (χ4n) is 4.61. The second-order valence-corrected chi connectivity index (χ2v) is 15.0. The van der Waals surface area contributed by atoms with Crippen molar-refractivity contribution in [1.82, 2.24) is 15.1 Å². The van der Waals surface area contributed by atoms with E-state index in [4.69, 9.17) is 69.6 Å². The van der Waals surface area contributed by atoms with Crippen LogP contribution in [0, 0.1) is 0 Å². The van der Waals surface area contributed by atoms with Crippen molar-refractivity contribution in [3.63, 3.8) is 0 Å². The number of anilines is 2. The van der Waals surface area contributed by atoms with Gasteiger partial charge in [0.05, 0.1) is 20.1 Å². The molecule has 0 fully saturated rings. The van der Waals surface area contributed by atoms with E-state index in [0.717, 1.165) is 93.9 Å². The van der Waals surface area contributed by atoms with Crippen LogP contribution in [0.15, 0.2) is 72.9 Å². The third-order valence-corrected chi connectivity index (χ3v) is 9.98. The van der Waals surface area contributed by atoms with Crippen molar-refractivity contribution in [2.24, 2.45) is 0 Å². The van der Waals surface area contributed by atoms with E-state index in [9.17, 15) is 18.0 Å². The van der Waals surface area contributed by atoms with Gasteiger partial charge in [0.2, 0.25) is 0 Å². The van der Waals surface area contributed by atoms with E-state index < -0.39 is 12.1 Å². The molecular formula is C38H51BrCl6F3N5O. The highest BCUT2D eigenvalue weighted by Gasteiger charge is 2.38. The van der Waals surface area contributed by atoms with Gasteiger partial charge in [0.1, 0.15) is 0 Å². The van der Waals surface area contributed by atoms with Crippen molar-refractivity contribution in [2.75, 3.05) is 86.6 Å². The highest BCUT2D eigenvalue weighted by Crippen LogP contribution is 2.27. The van der Waals surface area contributed by atoms with E-state index in [2.05, 4.69) is 72.8 Å². The van der Waals surface area contributed by atoms with E-state index in [0.29, 0.717) is 10.0 Å². The summed E-state index contributed by atoms with van der Waals surface area (Å²) in [6, 6.07) is 9.29. The molecule has 5 rings (SSSR count). The number of nitrogens with zero attached hydrogens (tertiary/aromatic N) is 2. The number of amides is 1. The van der Waals surface area contributed by atoms with Crippen LogP contribution in [0.5, 0.6) is 0 Å². The first-order valence-corrected chi connectivity index (χ1v) is 21.4. The van der Waals surface area contributed by atoms with Gasteiger partial charge in [-0.15, -0.1) is 23.2 Å². The second kappa shape index (κ2) is 31.9. The topological polar surface area (TPSA) is 59.6 Å². The van der Waals surface area contributed by atoms with Gasteiger partial charge < -0.3 is 16.0 Å².